The van der Waals surface area contributed by atoms with Gasteiger partial charge in [-0.1, -0.05) is 39.3 Å². The smallest absolute Gasteiger partial charge is 0.236 e. The van der Waals surface area contributed by atoms with Crippen molar-refractivity contribution in [2.24, 2.45) is 11.8 Å². The van der Waals surface area contributed by atoms with E-state index >= 15 is 0 Å². The third-order valence-electron chi connectivity index (χ3n) is 2.98. The van der Waals surface area contributed by atoms with Crippen LogP contribution in [0.15, 0.2) is 12.1 Å². The third kappa shape index (κ3) is 7.30. The molecule has 5 heteroatoms. The highest BCUT2D eigenvalue weighted by Crippen LogP contribution is 2.22. The Morgan fingerprint density at radius 3 is 2.19 bits per heavy atom. The van der Waals surface area contributed by atoms with Gasteiger partial charge in [0.05, 0.1) is 10.9 Å². The lowest BCUT2D eigenvalue weighted by molar-refractivity contribution is -0.133. The fraction of sp³-hybridized carbons (Fsp3) is 0.688. The summed E-state index contributed by atoms with van der Waals surface area (Å²) in [4.78, 5) is 17.7. The van der Waals surface area contributed by atoms with E-state index in [-0.39, 0.29) is 5.91 Å². The molecule has 21 heavy (non-hydrogen) atoms. The molecule has 0 unspecified atom stereocenters. The molecule has 0 saturated heterocycles. The first-order valence-corrected chi connectivity index (χ1v) is 8.68. The Hall–Kier alpha value is -0.580. The van der Waals surface area contributed by atoms with Crippen molar-refractivity contribution in [2.75, 3.05) is 26.7 Å². The van der Waals surface area contributed by atoms with Gasteiger partial charge in [0.15, 0.2) is 0 Å². The van der Waals surface area contributed by atoms with E-state index in [1.807, 2.05) is 24.1 Å². The van der Waals surface area contributed by atoms with Crippen LogP contribution in [0.25, 0.3) is 0 Å². The first-order chi connectivity index (χ1) is 9.77. The molecular formula is C16H27ClN2OS. The number of nitrogens with zero attached hydrogens (tertiary/aromatic N) is 2. The van der Waals surface area contributed by atoms with E-state index in [9.17, 15) is 4.79 Å². The van der Waals surface area contributed by atoms with Crippen molar-refractivity contribution in [1.82, 2.24) is 9.80 Å². The Bertz CT molecular complexity index is 435. The maximum absolute atomic E-state index is 12.5. The standard InChI is InChI=1S/C16H27ClN2OS/c1-12(2)8-19(9-13(3)4)16(20)11-18(5)10-14-6-7-15(17)21-14/h6-7,12-13H,8-11H2,1-5H3. The highest BCUT2D eigenvalue weighted by Gasteiger charge is 2.18. The Balaban J connectivity index is 2.54. The Labute approximate surface area is 137 Å². The molecule has 0 radical (unpaired) electrons. The van der Waals surface area contributed by atoms with Crippen molar-refractivity contribution >= 4 is 28.8 Å². The molecule has 1 aromatic rings. The minimum atomic E-state index is 0.211. The Kier molecular flexibility index (Phi) is 7.71. The number of hydrogen-bond acceptors (Lipinski definition) is 3. The van der Waals surface area contributed by atoms with Crippen molar-refractivity contribution < 1.29 is 4.79 Å². The van der Waals surface area contributed by atoms with Crippen molar-refractivity contribution in [1.29, 1.82) is 0 Å². The zero-order valence-electron chi connectivity index (χ0n) is 13.7. The lowest BCUT2D eigenvalue weighted by Crippen LogP contribution is -2.42. The molecule has 120 valence electrons. The summed E-state index contributed by atoms with van der Waals surface area (Å²) in [5.74, 6) is 1.20. The Morgan fingerprint density at radius 2 is 1.76 bits per heavy atom. The van der Waals surface area contributed by atoms with Crippen molar-refractivity contribution in [2.45, 2.75) is 34.2 Å². The van der Waals surface area contributed by atoms with E-state index < -0.39 is 0 Å². The third-order valence-corrected chi connectivity index (χ3v) is 4.20. The van der Waals surface area contributed by atoms with Crippen LogP contribution in [0.5, 0.6) is 0 Å². The minimum absolute atomic E-state index is 0.211. The van der Waals surface area contributed by atoms with Gasteiger partial charge in [-0.25, -0.2) is 0 Å². The maximum Gasteiger partial charge on any atom is 0.236 e. The van der Waals surface area contributed by atoms with Crippen molar-refractivity contribution in [3.8, 4) is 0 Å². The molecule has 3 nitrogen and oxygen atoms in total. The van der Waals surface area contributed by atoms with Gasteiger partial charge < -0.3 is 4.90 Å². The van der Waals surface area contributed by atoms with E-state index in [1.54, 1.807) is 11.3 Å². The second-order valence-corrected chi connectivity index (χ2v) is 8.26. The number of thiophene rings is 1. The molecule has 0 aliphatic heterocycles. The van der Waals surface area contributed by atoms with Crippen molar-refractivity contribution in [3.05, 3.63) is 21.3 Å². The predicted molar refractivity (Wildman–Crippen MR) is 91.9 cm³/mol. The van der Waals surface area contributed by atoms with Gasteiger partial charge in [0, 0.05) is 24.5 Å². The average molecular weight is 331 g/mol. The van der Waals surface area contributed by atoms with Gasteiger partial charge in [-0.05, 0) is 31.0 Å². The molecule has 0 bridgehead atoms. The number of amides is 1. The maximum atomic E-state index is 12.5. The number of halogens is 1. The van der Waals surface area contributed by atoms with E-state index in [0.29, 0.717) is 18.4 Å². The van der Waals surface area contributed by atoms with E-state index in [1.165, 1.54) is 4.88 Å². The van der Waals surface area contributed by atoms with Gasteiger partial charge >= 0.3 is 0 Å². The van der Waals surface area contributed by atoms with Gasteiger partial charge in [0.25, 0.3) is 0 Å². The molecule has 1 amide bonds. The van der Waals surface area contributed by atoms with Crippen molar-refractivity contribution in [3.63, 3.8) is 0 Å². The van der Waals surface area contributed by atoms with E-state index in [4.69, 9.17) is 11.6 Å². The molecule has 0 fully saturated rings. The number of likely N-dealkylation sites (N-methyl/N-ethyl adjacent to an activating group) is 1. The summed E-state index contributed by atoms with van der Waals surface area (Å²) in [6.45, 7) is 11.5. The average Bonchev–Trinajstić information content (AvgIpc) is 2.72. The molecule has 1 heterocycles. The van der Waals surface area contributed by atoms with Crippen LogP contribution in [0, 0.1) is 11.8 Å². The zero-order chi connectivity index (χ0) is 16.0. The highest BCUT2D eigenvalue weighted by atomic mass is 35.5. The first-order valence-electron chi connectivity index (χ1n) is 7.48. The van der Waals surface area contributed by atoms with Crippen LogP contribution in [-0.4, -0.2) is 42.4 Å². The molecule has 0 aromatic carbocycles. The molecule has 0 atom stereocenters. The molecule has 1 rings (SSSR count). The van der Waals surface area contributed by atoms with Crippen LogP contribution >= 0.6 is 22.9 Å². The quantitative estimate of drug-likeness (QED) is 0.720. The Morgan fingerprint density at radius 1 is 1.19 bits per heavy atom. The molecule has 0 saturated carbocycles. The SMILES string of the molecule is CC(C)CN(CC(C)C)C(=O)CN(C)Cc1ccc(Cl)s1. The van der Waals surface area contributed by atoms with Gasteiger partial charge in [-0.2, -0.15) is 0 Å². The lowest BCUT2D eigenvalue weighted by Gasteiger charge is -2.28. The van der Waals surface area contributed by atoms with Gasteiger partial charge in [-0.15, -0.1) is 11.3 Å². The van der Waals surface area contributed by atoms with Crippen LogP contribution < -0.4 is 0 Å². The van der Waals surface area contributed by atoms with Gasteiger partial charge in [0.1, 0.15) is 0 Å². The molecule has 0 spiro atoms. The zero-order valence-corrected chi connectivity index (χ0v) is 15.3. The normalized spacial score (nSPS) is 11.7. The lowest BCUT2D eigenvalue weighted by atomic mass is 10.1. The fourth-order valence-electron chi connectivity index (χ4n) is 2.25. The fourth-order valence-corrected chi connectivity index (χ4v) is 3.42. The van der Waals surface area contributed by atoms with Gasteiger partial charge in [0.2, 0.25) is 5.91 Å². The summed E-state index contributed by atoms with van der Waals surface area (Å²) in [6, 6.07) is 3.93. The molecule has 0 aliphatic carbocycles. The molecule has 0 aliphatic rings. The van der Waals surface area contributed by atoms with Crippen LogP contribution in [0.4, 0.5) is 0 Å². The van der Waals surface area contributed by atoms with Gasteiger partial charge in [-0.3, -0.25) is 9.69 Å². The number of hydrogen-bond donors (Lipinski definition) is 0. The predicted octanol–water partition coefficient (Wildman–Crippen LogP) is 3.97. The summed E-state index contributed by atoms with van der Waals surface area (Å²) in [5.41, 5.74) is 0. The number of rotatable bonds is 8. The monoisotopic (exact) mass is 330 g/mol. The summed E-state index contributed by atoms with van der Waals surface area (Å²) in [6.07, 6.45) is 0. The second kappa shape index (κ2) is 8.76. The van der Waals surface area contributed by atoms with Crippen LogP contribution in [-0.2, 0) is 11.3 Å². The summed E-state index contributed by atoms with van der Waals surface area (Å²) in [5, 5.41) is 0. The van der Waals surface area contributed by atoms with E-state index in [0.717, 1.165) is 24.0 Å². The molecule has 0 N–H and O–H groups in total. The summed E-state index contributed by atoms with van der Waals surface area (Å²) >= 11 is 7.51. The number of carbonyl (C=O) groups is 1. The second-order valence-electron chi connectivity index (χ2n) is 6.46. The van der Waals surface area contributed by atoms with Crippen LogP contribution in [0.3, 0.4) is 0 Å². The number of carbonyl (C=O) groups excluding carboxylic acids is 1. The first kappa shape index (κ1) is 18.5. The minimum Gasteiger partial charge on any atom is -0.341 e. The molecular weight excluding hydrogens is 304 g/mol. The summed E-state index contributed by atoms with van der Waals surface area (Å²) in [7, 11) is 1.98. The van der Waals surface area contributed by atoms with Crippen LogP contribution in [0.2, 0.25) is 4.34 Å². The molecule has 1 aromatic heterocycles. The largest absolute Gasteiger partial charge is 0.341 e. The highest BCUT2D eigenvalue weighted by molar-refractivity contribution is 7.16. The van der Waals surface area contributed by atoms with E-state index in [2.05, 4.69) is 32.6 Å². The summed E-state index contributed by atoms with van der Waals surface area (Å²) < 4.78 is 0.797. The van der Waals surface area contributed by atoms with Crippen LogP contribution in [0.1, 0.15) is 32.6 Å². The topological polar surface area (TPSA) is 23.6 Å².